The molecule has 0 aliphatic carbocycles. The molecule has 1 aliphatic rings. The molecule has 8 nitrogen and oxygen atoms in total. The van der Waals surface area contributed by atoms with Crippen LogP contribution in [-0.2, 0) is 9.53 Å². The number of thiazole rings is 1. The third-order valence-corrected chi connectivity index (χ3v) is 7.09. The maximum absolute atomic E-state index is 13.9. The van der Waals surface area contributed by atoms with Gasteiger partial charge in [0.25, 0.3) is 5.56 Å². The van der Waals surface area contributed by atoms with Gasteiger partial charge in [0.2, 0.25) is 0 Å². The molecule has 0 radical (unpaired) electrons. The second-order valence-corrected chi connectivity index (χ2v) is 9.79. The zero-order valence-corrected chi connectivity index (χ0v) is 22.3. The number of hydrogen-bond acceptors (Lipinski definition) is 8. The first kappa shape index (κ1) is 25.3. The van der Waals surface area contributed by atoms with E-state index in [2.05, 4.69) is 0 Å². The van der Waals surface area contributed by atoms with Gasteiger partial charge in [0.1, 0.15) is 11.5 Å². The largest absolute Gasteiger partial charge is 0.497 e. The number of aromatic nitrogens is 1. The Morgan fingerprint density at radius 2 is 1.92 bits per heavy atom. The number of rotatable bonds is 7. The minimum atomic E-state index is -0.772. The molecule has 2 aromatic heterocycles. The van der Waals surface area contributed by atoms with Gasteiger partial charge >= 0.3 is 5.97 Å². The van der Waals surface area contributed by atoms with Crippen LogP contribution in [0.2, 0.25) is 0 Å². The van der Waals surface area contributed by atoms with Crippen LogP contribution in [0.25, 0.3) is 11.8 Å². The summed E-state index contributed by atoms with van der Waals surface area (Å²) >= 11 is 1.25. The topological polar surface area (TPSA) is 86.3 Å². The fraction of sp³-hybridized carbons (Fsp3) is 0.207. The summed E-state index contributed by atoms with van der Waals surface area (Å²) in [6.45, 7) is 1.94. The molecule has 0 saturated heterocycles. The zero-order chi connectivity index (χ0) is 26.8. The van der Waals surface area contributed by atoms with E-state index in [9.17, 15) is 9.59 Å². The van der Waals surface area contributed by atoms with Crippen LogP contribution >= 0.6 is 11.3 Å². The minimum absolute atomic E-state index is 0.187. The Labute approximate surface area is 223 Å². The minimum Gasteiger partial charge on any atom is -0.497 e. The van der Waals surface area contributed by atoms with Crippen molar-refractivity contribution >= 4 is 35.0 Å². The average Bonchev–Trinajstić information content (AvgIpc) is 3.53. The van der Waals surface area contributed by atoms with Crippen molar-refractivity contribution in [1.29, 1.82) is 0 Å². The number of anilines is 1. The molecule has 2 aromatic carbocycles. The highest BCUT2D eigenvalue weighted by Gasteiger charge is 2.35. The van der Waals surface area contributed by atoms with Crippen molar-refractivity contribution in [2.45, 2.75) is 13.0 Å². The van der Waals surface area contributed by atoms with Gasteiger partial charge in [-0.15, -0.1) is 0 Å². The van der Waals surface area contributed by atoms with Crippen LogP contribution in [-0.4, -0.2) is 38.3 Å². The molecule has 38 heavy (non-hydrogen) atoms. The molecule has 194 valence electrons. The van der Waals surface area contributed by atoms with Gasteiger partial charge in [-0.1, -0.05) is 53.8 Å². The average molecular weight is 530 g/mol. The molecule has 1 atom stereocenters. The van der Waals surface area contributed by atoms with Gasteiger partial charge in [0.15, 0.2) is 10.7 Å². The van der Waals surface area contributed by atoms with Crippen molar-refractivity contribution in [2.24, 2.45) is 4.99 Å². The van der Waals surface area contributed by atoms with Crippen molar-refractivity contribution in [2.75, 3.05) is 32.7 Å². The number of carbonyl (C=O) groups is 1. The van der Waals surface area contributed by atoms with Gasteiger partial charge in [-0.2, -0.15) is 0 Å². The number of esters is 1. The molecular weight excluding hydrogens is 502 g/mol. The highest BCUT2D eigenvalue weighted by molar-refractivity contribution is 7.07. The predicted octanol–water partition coefficient (Wildman–Crippen LogP) is 3.60. The highest BCUT2D eigenvalue weighted by atomic mass is 32.1. The van der Waals surface area contributed by atoms with Gasteiger partial charge < -0.3 is 18.8 Å². The van der Waals surface area contributed by atoms with Crippen LogP contribution < -0.4 is 24.5 Å². The van der Waals surface area contributed by atoms with E-state index in [0.717, 1.165) is 5.56 Å². The summed E-state index contributed by atoms with van der Waals surface area (Å²) in [5, 5.41) is 0. The van der Waals surface area contributed by atoms with Crippen molar-refractivity contribution in [3.8, 4) is 5.75 Å². The number of ether oxygens (including phenoxy) is 2. The zero-order valence-electron chi connectivity index (χ0n) is 21.5. The van der Waals surface area contributed by atoms with E-state index >= 15 is 0 Å². The summed E-state index contributed by atoms with van der Waals surface area (Å²) in [6, 6.07) is 19.7. The normalized spacial score (nSPS) is 15.2. The van der Waals surface area contributed by atoms with E-state index in [0.29, 0.717) is 38.0 Å². The first-order valence-electron chi connectivity index (χ1n) is 12.1. The first-order chi connectivity index (χ1) is 18.4. The van der Waals surface area contributed by atoms with Gasteiger partial charge in [-0.05, 0) is 30.7 Å². The van der Waals surface area contributed by atoms with Gasteiger partial charge in [0.05, 0.1) is 35.6 Å². The Bertz CT molecular complexity index is 1700. The standard InChI is InChI=1S/C29H27N3O5S/c1-5-36-28(34)24-25(18-10-7-6-8-11-18)30-29-32(26(24)19-12-9-13-20(16-19)35-4)27(33)22(38-29)17-21-14-15-23(37-21)31(2)3/h6-17,26H,5H2,1-4H3/b22-17-/t26-/m0/s1. The van der Waals surface area contributed by atoms with E-state index < -0.39 is 12.0 Å². The third kappa shape index (κ3) is 4.68. The lowest BCUT2D eigenvalue weighted by Crippen LogP contribution is -2.40. The quantitative estimate of drug-likeness (QED) is 0.340. The molecule has 0 saturated carbocycles. The Morgan fingerprint density at radius 1 is 1.13 bits per heavy atom. The summed E-state index contributed by atoms with van der Waals surface area (Å²) in [5.41, 5.74) is 1.94. The van der Waals surface area contributed by atoms with E-state index in [1.54, 1.807) is 24.7 Å². The first-order valence-corrected chi connectivity index (χ1v) is 12.9. The lowest BCUT2D eigenvalue weighted by Gasteiger charge is -2.26. The molecule has 5 rings (SSSR count). The Kier molecular flexibility index (Phi) is 7.02. The van der Waals surface area contributed by atoms with Crippen LogP contribution in [0, 0.1) is 0 Å². The van der Waals surface area contributed by atoms with Gasteiger partial charge in [0, 0.05) is 31.8 Å². The van der Waals surface area contributed by atoms with Crippen molar-refractivity contribution in [1.82, 2.24) is 4.57 Å². The SMILES string of the molecule is CCOC(=O)C1=C(c2ccccc2)N=c2s/c(=C\c3ccc(N(C)C)o3)c(=O)n2[C@H]1c1cccc(OC)c1. The molecule has 0 unspecified atom stereocenters. The number of benzene rings is 2. The fourth-order valence-corrected chi connectivity index (χ4v) is 5.34. The van der Waals surface area contributed by atoms with Crippen LogP contribution in [0.3, 0.4) is 0 Å². The summed E-state index contributed by atoms with van der Waals surface area (Å²) in [5.74, 6) is 1.30. The monoisotopic (exact) mass is 529 g/mol. The molecule has 4 aromatic rings. The molecular formula is C29H27N3O5S. The summed E-state index contributed by atoms with van der Waals surface area (Å²) < 4.78 is 18.8. The number of methoxy groups -OCH3 is 1. The van der Waals surface area contributed by atoms with Crippen molar-refractivity contribution in [3.05, 3.63) is 109 Å². The number of nitrogens with zero attached hydrogens (tertiary/aromatic N) is 3. The molecule has 0 amide bonds. The van der Waals surface area contributed by atoms with Gasteiger partial charge in [-0.25, -0.2) is 9.79 Å². The fourth-order valence-electron chi connectivity index (χ4n) is 4.36. The number of hydrogen-bond donors (Lipinski definition) is 0. The number of carbonyl (C=O) groups excluding carboxylic acids is 1. The second kappa shape index (κ2) is 10.5. The van der Waals surface area contributed by atoms with Crippen molar-refractivity contribution < 1.29 is 18.7 Å². The maximum atomic E-state index is 13.9. The molecule has 3 heterocycles. The van der Waals surface area contributed by atoms with Crippen molar-refractivity contribution in [3.63, 3.8) is 0 Å². The Balaban J connectivity index is 1.81. The summed E-state index contributed by atoms with van der Waals surface area (Å²) in [6.07, 6.45) is 1.70. The predicted molar refractivity (Wildman–Crippen MR) is 147 cm³/mol. The smallest absolute Gasteiger partial charge is 0.338 e. The lowest BCUT2D eigenvalue weighted by atomic mass is 9.93. The van der Waals surface area contributed by atoms with E-state index in [-0.39, 0.29) is 17.7 Å². The van der Waals surface area contributed by atoms with Crippen LogP contribution in [0.1, 0.15) is 29.9 Å². The Morgan fingerprint density at radius 3 is 2.61 bits per heavy atom. The van der Waals surface area contributed by atoms with Gasteiger partial charge in [-0.3, -0.25) is 9.36 Å². The van der Waals surface area contributed by atoms with E-state index in [4.69, 9.17) is 18.9 Å². The summed E-state index contributed by atoms with van der Waals surface area (Å²) in [4.78, 5) is 34.5. The van der Waals surface area contributed by atoms with Crippen LogP contribution in [0.5, 0.6) is 5.75 Å². The maximum Gasteiger partial charge on any atom is 0.338 e. The summed E-state index contributed by atoms with van der Waals surface area (Å²) in [7, 11) is 5.34. The molecule has 9 heteroatoms. The molecule has 0 spiro atoms. The van der Waals surface area contributed by atoms with E-state index in [1.165, 1.54) is 11.3 Å². The lowest BCUT2D eigenvalue weighted by molar-refractivity contribution is -0.138. The molecule has 1 aliphatic heterocycles. The van der Waals surface area contributed by atoms with E-state index in [1.807, 2.05) is 85.7 Å². The third-order valence-electron chi connectivity index (χ3n) is 6.11. The van der Waals surface area contributed by atoms with Crippen LogP contribution in [0.15, 0.2) is 86.5 Å². The molecule has 0 fully saturated rings. The molecule has 0 N–H and O–H groups in total. The number of furan rings is 1. The number of fused-ring (bicyclic) bond motifs is 1. The highest BCUT2D eigenvalue weighted by Crippen LogP contribution is 2.36. The Hall–Kier alpha value is -4.37. The van der Waals surface area contributed by atoms with Crippen LogP contribution in [0.4, 0.5) is 5.88 Å². The molecule has 0 bridgehead atoms. The second-order valence-electron chi connectivity index (χ2n) is 8.78.